The summed E-state index contributed by atoms with van der Waals surface area (Å²) in [6, 6.07) is 13.9. The molecule has 0 bridgehead atoms. The molecule has 0 atom stereocenters. The normalized spacial score (nSPS) is 14.0. The van der Waals surface area contributed by atoms with Crippen molar-refractivity contribution < 1.29 is 4.74 Å². The second-order valence-corrected chi connectivity index (χ2v) is 6.92. The number of rotatable bonds is 5. The third kappa shape index (κ3) is 4.16. The van der Waals surface area contributed by atoms with E-state index < -0.39 is 0 Å². The number of benzene rings is 1. The largest absolute Gasteiger partial charge is 0.497 e. The van der Waals surface area contributed by atoms with Gasteiger partial charge in [-0.25, -0.2) is 15.0 Å². The summed E-state index contributed by atoms with van der Waals surface area (Å²) in [6.07, 6.45) is 1.54. The highest BCUT2D eigenvalue weighted by molar-refractivity contribution is 5.77. The van der Waals surface area contributed by atoms with Crippen LogP contribution in [0.5, 0.6) is 5.75 Å². The Bertz CT molecular complexity index is 969. The second-order valence-electron chi connectivity index (χ2n) is 6.92. The zero-order valence-electron chi connectivity index (χ0n) is 16.7. The van der Waals surface area contributed by atoms with Crippen LogP contribution in [0.15, 0.2) is 48.8 Å². The minimum atomic E-state index is 0.536. The van der Waals surface area contributed by atoms with E-state index in [0.717, 1.165) is 43.4 Å². The molecule has 0 radical (unpaired) electrons. The van der Waals surface area contributed by atoms with Crippen molar-refractivity contribution >= 4 is 28.8 Å². The lowest BCUT2D eigenvalue weighted by atomic mass is 10.2. The maximum absolute atomic E-state index is 6.39. The Morgan fingerprint density at radius 3 is 2.38 bits per heavy atom. The molecule has 8 nitrogen and oxygen atoms in total. The van der Waals surface area contributed by atoms with Crippen molar-refractivity contribution in [1.82, 2.24) is 15.0 Å². The summed E-state index contributed by atoms with van der Waals surface area (Å²) in [7, 11) is 1.68. The van der Waals surface area contributed by atoms with Crippen molar-refractivity contribution in [2.24, 2.45) is 0 Å². The van der Waals surface area contributed by atoms with Crippen LogP contribution >= 0.6 is 0 Å². The highest BCUT2D eigenvalue weighted by Gasteiger charge is 2.21. The Morgan fingerprint density at radius 1 is 0.966 bits per heavy atom. The van der Waals surface area contributed by atoms with Gasteiger partial charge in [-0.1, -0.05) is 6.07 Å². The van der Waals surface area contributed by atoms with Crippen LogP contribution in [0.3, 0.4) is 0 Å². The second kappa shape index (κ2) is 8.22. The van der Waals surface area contributed by atoms with Crippen LogP contribution in [-0.4, -0.2) is 48.2 Å². The molecule has 0 saturated carbocycles. The molecule has 1 fully saturated rings. The summed E-state index contributed by atoms with van der Waals surface area (Å²) in [5.41, 5.74) is 9.05. The quantitative estimate of drug-likeness (QED) is 0.686. The zero-order valence-corrected chi connectivity index (χ0v) is 16.7. The number of nitrogens with two attached hydrogens (primary N) is 1. The molecule has 8 heteroatoms. The summed E-state index contributed by atoms with van der Waals surface area (Å²) in [5, 5.41) is 3.20. The third-order valence-corrected chi connectivity index (χ3v) is 5.01. The number of methoxy groups -OCH3 is 1. The lowest BCUT2D eigenvalue weighted by Gasteiger charge is -2.37. The molecule has 1 aromatic carbocycles. The monoisotopic (exact) mass is 391 g/mol. The summed E-state index contributed by atoms with van der Waals surface area (Å²) in [5.74, 6) is 2.91. The summed E-state index contributed by atoms with van der Waals surface area (Å²) in [4.78, 5) is 17.7. The maximum Gasteiger partial charge on any atom is 0.160 e. The molecule has 1 saturated heterocycles. The van der Waals surface area contributed by atoms with Gasteiger partial charge in [0.25, 0.3) is 0 Å². The molecule has 3 N–H and O–H groups in total. The molecule has 150 valence electrons. The number of nitrogens with one attached hydrogen (secondary N) is 1. The Kier molecular flexibility index (Phi) is 5.33. The number of ether oxygens (including phenoxy) is 1. The van der Waals surface area contributed by atoms with Gasteiger partial charge in [-0.05, 0) is 43.3 Å². The molecular formula is C21H25N7O. The molecule has 0 amide bonds. The van der Waals surface area contributed by atoms with Crippen molar-refractivity contribution in [3.05, 3.63) is 54.5 Å². The summed E-state index contributed by atoms with van der Waals surface area (Å²) in [6.45, 7) is 5.38. The van der Waals surface area contributed by atoms with Crippen LogP contribution in [0.2, 0.25) is 0 Å². The molecular weight excluding hydrogens is 366 g/mol. The summed E-state index contributed by atoms with van der Waals surface area (Å²) >= 11 is 0. The number of aromatic nitrogens is 3. The highest BCUT2D eigenvalue weighted by atomic mass is 16.5. The first-order valence-electron chi connectivity index (χ1n) is 9.59. The topological polar surface area (TPSA) is 92.4 Å². The number of pyridine rings is 1. The van der Waals surface area contributed by atoms with E-state index in [1.165, 1.54) is 5.69 Å². The van der Waals surface area contributed by atoms with Gasteiger partial charge in [0, 0.05) is 37.6 Å². The molecule has 29 heavy (non-hydrogen) atoms. The first kappa shape index (κ1) is 18.8. The molecule has 2 aromatic heterocycles. The Hall–Kier alpha value is -3.55. The van der Waals surface area contributed by atoms with Crippen LogP contribution in [0.4, 0.5) is 28.8 Å². The Balaban J connectivity index is 1.45. The molecule has 0 aliphatic carbocycles. The third-order valence-electron chi connectivity index (χ3n) is 5.01. The standard InChI is InChI=1S/C21H25N7O/c1-15-4-3-5-18(25-15)26-20-19(22)21(24-14-23-20)28-12-10-27(11-13-28)16-6-8-17(29-2)9-7-16/h3-9,14H,10-13,22H2,1-2H3,(H,23,24,25,26). The van der Waals surface area contributed by atoms with Crippen LogP contribution in [0, 0.1) is 6.92 Å². The van der Waals surface area contributed by atoms with E-state index in [1.807, 2.05) is 37.3 Å². The predicted molar refractivity (Wildman–Crippen MR) is 116 cm³/mol. The Labute approximate surface area is 170 Å². The van der Waals surface area contributed by atoms with Crippen molar-refractivity contribution in [1.29, 1.82) is 0 Å². The number of hydrogen-bond donors (Lipinski definition) is 2. The first-order valence-corrected chi connectivity index (χ1v) is 9.59. The average molecular weight is 391 g/mol. The van der Waals surface area contributed by atoms with Gasteiger partial charge in [0.15, 0.2) is 11.6 Å². The van der Waals surface area contributed by atoms with Crippen molar-refractivity contribution in [3.63, 3.8) is 0 Å². The SMILES string of the molecule is COc1ccc(N2CCN(c3ncnc(Nc4cccc(C)n4)c3N)CC2)cc1. The van der Waals surface area contributed by atoms with Gasteiger partial charge in [0.1, 0.15) is 23.6 Å². The van der Waals surface area contributed by atoms with Gasteiger partial charge in [-0.3, -0.25) is 0 Å². The van der Waals surface area contributed by atoms with Crippen molar-refractivity contribution in [2.75, 3.05) is 54.1 Å². The predicted octanol–water partition coefficient (Wildman–Crippen LogP) is 2.84. The van der Waals surface area contributed by atoms with E-state index in [9.17, 15) is 0 Å². The minimum Gasteiger partial charge on any atom is -0.497 e. The van der Waals surface area contributed by atoms with E-state index >= 15 is 0 Å². The van der Waals surface area contributed by atoms with Gasteiger partial charge in [0.05, 0.1) is 7.11 Å². The van der Waals surface area contributed by atoms with Gasteiger partial charge in [0.2, 0.25) is 0 Å². The van der Waals surface area contributed by atoms with E-state index in [4.69, 9.17) is 10.5 Å². The fraction of sp³-hybridized carbons (Fsp3) is 0.286. The number of nitrogens with zero attached hydrogens (tertiary/aromatic N) is 5. The van der Waals surface area contributed by atoms with Crippen LogP contribution in [0.25, 0.3) is 0 Å². The van der Waals surface area contributed by atoms with Crippen LogP contribution in [-0.2, 0) is 0 Å². The first-order chi connectivity index (χ1) is 14.1. The number of nitrogen functional groups attached to an aromatic ring is 1. The zero-order chi connectivity index (χ0) is 20.2. The molecule has 0 unspecified atom stereocenters. The Morgan fingerprint density at radius 2 is 1.69 bits per heavy atom. The number of piperazine rings is 1. The molecule has 0 spiro atoms. The molecule has 3 aromatic rings. The van der Waals surface area contributed by atoms with Gasteiger partial charge in [-0.2, -0.15) is 0 Å². The smallest absolute Gasteiger partial charge is 0.160 e. The molecule has 1 aliphatic heterocycles. The summed E-state index contributed by atoms with van der Waals surface area (Å²) < 4.78 is 5.24. The molecule has 3 heterocycles. The fourth-order valence-corrected chi connectivity index (χ4v) is 3.44. The van der Waals surface area contributed by atoms with Gasteiger partial charge < -0.3 is 25.6 Å². The van der Waals surface area contributed by atoms with Gasteiger partial charge in [-0.15, -0.1) is 0 Å². The van der Waals surface area contributed by atoms with Crippen molar-refractivity contribution in [3.8, 4) is 5.75 Å². The minimum absolute atomic E-state index is 0.536. The lowest BCUT2D eigenvalue weighted by Crippen LogP contribution is -2.47. The molecule has 4 rings (SSSR count). The molecule has 1 aliphatic rings. The highest BCUT2D eigenvalue weighted by Crippen LogP contribution is 2.29. The van der Waals surface area contributed by atoms with E-state index in [0.29, 0.717) is 17.3 Å². The van der Waals surface area contributed by atoms with E-state index in [1.54, 1.807) is 13.4 Å². The number of anilines is 5. The fourth-order valence-electron chi connectivity index (χ4n) is 3.44. The lowest BCUT2D eigenvalue weighted by molar-refractivity contribution is 0.415. The van der Waals surface area contributed by atoms with Crippen molar-refractivity contribution in [2.45, 2.75) is 6.92 Å². The van der Waals surface area contributed by atoms with Gasteiger partial charge >= 0.3 is 0 Å². The maximum atomic E-state index is 6.39. The number of aryl methyl sites for hydroxylation is 1. The van der Waals surface area contributed by atoms with Crippen LogP contribution in [0.1, 0.15) is 5.69 Å². The van der Waals surface area contributed by atoms with Crippen LogP contribution < -0.4 is 25.6 Å². The number of hydrogen-bond acceptors (Lipinski definition) is 8. The van der Waals surface area contributed by atoms with E-state index in [-0.39, 0.29) is 0 Å². The average Bonchev–Trinajstić information content (AvgIpc) is 2.76. The van der Waals surface area contributed by atoms with E-state index in [2.05, 4.69) is 42.2 Å².